The summed E-state index contributed by atoms with van der Waals surface area (Å²) >= 11 is 8.42. The first-order valence-electron chi connectivity index (χ1n) is 39.7. The van der Waals surface area contributed by atoms with Crippen molar-refractivity contribution in [2.24, 2.45) is 0 Å². The number of aliphatic carboxylic acids is 1. The van der Waals surface area contributed by atoms with Gasteiger partial charge in [-0.2, -0.15) is 14.9 Å². The van der Waals surface area contributed by atoms with Crippen LogP contribution in [-0.2, 0) is 39.6 Å². The number of hydrogen-bond donors (Lipinski definition) is 9. The van der Waals surface area contributed by atoms with Gasteiger partial charge in [-0.15, -0.1) is 5.10 Å². The number of amides is 3. The summed E-state index contributed by atoms with van der Waals surface area (Å²) in [6, 6.07) is 29.0. The number of hydrogen-bond acceptors (Lipinski definition) is 21. The van der Waals surface area contributed by atoms with Crippen LogP contribution in [0.3, 0.4) is 0 Å². The summed E-state index contributed by atoms with van der Waals surface area (Å²) in [7, 11) is -0.499. The molecule has 3 saturated heterocycles. The Kier molecular flexibility index (Phi) is 31.5. The van der Waals surface area contributed by atoms with Gasteiger partial charge in [0.05, 0.1) is 82.7 Å². The van der Waals surface area contributed by atoms with Gasteiger partial charge in [0.15, 0.2) is 17.5 Å². The Hall–Kier alpha value is -10.4. The minimum atomic E-state index is -0.903. The molecule has 9 aromatic rings. The van der Waals surface area contributed by atoms with Gasteiger partial charge < -0.3 is 51.9 Å². The maximum atomic E-state index is 13.1. The number of H-pyrrole nitrogens is 2. The van der Waals surface area contributed by atoms with Crippen LogP contribution < -0.4 is 38.2 Å². The molecule has 3 aromatic carbocycles. The van der Waals surface area contributed by atoms with E-state index >= 15 is 0 Å². The lowest BCUT2D eigenvalue weighted by molar-refractivity contribution is -0.131. The van der Waals surface area contributed by atoms with Gasteiger partial charge >= 0.3 is 19.2 Å². The summed E-state index contributed by atoms with van der Waals surface area (Å²) in [6.07, 6.45) is 30.2. The van der Waals surface area contributed by atoms with E-state index in [0.29, 0.717) is 57.1 Å². The van der Waals surface area contributed by atoms with Crippen molar-refractivity contribution < 1.29 is 43.1 Å². The molecule has 3 unspecified atom stereocenters. The molecule has 6 fully saturated rings. The molecule has 3 amide bonds. The molecule has 3 saturated carbocycles. The summed E-state index contributed by atoms with van der Waals surface area (Å²) in [4.78, 5) is 88.3. The van der Waals surface area contributed by atoms with Crippen LogP contribution in [0.1, 0.15) is 215 Å². The van der Waals surface area contributed by atoms with Crippen LogP contribution >= 0.6 is 27.5 Å². The fourth-order valence-electron chi connectivity index (χ4n) is 12.5. The van der Waals surface area contributed by atoms with Crippen LogP contribution in [0, 0.1) is 0 Å². The van der Waals surface area contributed by atoms with Crippen molar-refractivity contribution in [3.63, 3.8) is 0 Å². The number of carbonyl (C=O) groups is 5. The summed E-state index contributed by atoms with van der Waals surface area (Å²) in [5.41, 5.74) is 20.2. The van der Waals surface area contributed by atoms with E-state index in [4.69, 9.17) is 47.2 Å². The monoisotopic (exact) mass is 1660 g/mol. The molecule has 15 rings (SSSR count). The molecule has 28 nitrogen and oxygen atoms in total. The highest BCUT2D eigenvalue weighted by Crippen LogP contribution is 2.43. The number of nitrogens with one attached hydrogen (secondary N) is 6. The van der Waals surface area contributed by atoms with Crippen LogP contribution in [0.15, 0.2) is 152 Å². The van der Waals surface area contributed by atoms with Gasteiger partial charge in [-0.3, -0.25) is 44.4 Å². The highest BCUT2D eigenvalue weighted by Gasteiger charge is 2.52. The summed E-state index contributed by atoms with van der Waals surface area (Å²) < 4.78 is 19.1. The van der Waals surface area contributed by atoms with Gasteiger partial charge in [-0.1, -0.05) is 106 Å². The Bertz CT molecular complexity index is 4790. The highest BCUT2D eigenvalue weighted by molar-refractivity contribution is 9.09. The zero-order chi connectivity index (χ0) is 83.1. The van der Waals surface area contributed by atoms with Crippen molar-refractivity contribution in [3.05, 3.63) is 197 Å². The lowest BCUT2D eigenvalue weighted by Gasteiger charge is -2.32. The van der Waals surface area contributed by atoms with E-state index in [9.17, 15) is 24.0 Å². The van der Waals surface area contributed by atoms with Crippen molar-refractivity contribution in [2.75, 3.05) is 65.5 Å². The summed E-state index contributed by atoms with van der Waals surface area (Å²) in [6.45, 7) is 25.1. The topological polar surface area (TPSA) is 389 Å². The maximum absolute atomic E-state index is 13.1. The predicted molar refractivity (Wildman–Crippen MR) is 457 cm³/mol. The molecule has 0 bridgehead atoms. The molecule has 3 aliphatic heterocycles. The number of aryl methyl sites for hydroxylation is 1. The normalized spacial score (nSPS) is 16.8. The number of nitrogen functional groups attached to an aromatic ring is 2. The number of carbonyl (C=O) groups excluding carboxylic acids is 4. The number of carboxylic acids is 1. The summed E-state index contributed by atoms with van der Waals surface area (Å²) in [5, 5.41) is 39.6. The number of alkyl halides is 1. The number of anilines is 5. The minimum Gasteiger partial charge on any atom is -0.478 e. The largest absolute Gasteiger partial charge is 0.494 e. The molecule has 3 aliphatic carbocycles. The standard InChI is InChI=1S/C28H34N6O.C26H36BN3O5.C19H20N6O.C4H5BrO2.C4H4ClN3.C4H9N/c1-20(28(35)31-27-17-25(32-33-27)21-11-12-21)22-8-7-9-23(16-22)26-19-29-18-24(30-26)10-3-2-4-13-34-14-5-6-15-34;1-16(18-10-9-11-19(14-18)27-34-25(5,6)26(7,8)35-27)22(31)28-21-15-20(17-12-13-17)30(29-21)23(32)33-24(2,3)4;1-11(19(26)23-18-8-15(24-25-18)12-5-6-12)13-3-2-4-14(7-13)16-9-21-10-17(20)22-16;5-3-1-2-4(6)7;5-3-1-7-2-4(6)8-3;1-2-4-5-3-1/h2,4,7-9,16-21H,3,5-6,10-15H2,1H3,(H2,31,32,33,35);9-11,14-17H,12-13H2,1-8H3,(H,28,29,31);2-4,7-12H,5-6H2,1H3,(H2,20,22)(H2,23,24,25,26);1-2H,3H2,(H,6,7);1-2H,(H2,6,8);5H,1-4H2/b4-2+;;;2-1+;;. The fraction of sp³-hybridized carbons (Fsp3) is 0.435. The van der Waals surface area contributed by atoms with E-state index in [1.807, 2.05) is 160 Å². The highest BCUT2D eigenvalue weighted by atomic mass is 79.9. The van der Waals surface area contributed by atoms with Gasteiger partial charge in [0.25, 0.3) is 0 Å². The third-order valence-corrected chi connectivity index (χ3v) is 20.9. The van der Waals surface area contributed by atoms with E-state index in [-0.39, 0.29) is 35.5 Å². The molecule has 9 heterocycles. The maximum Gasteiger partial charge on any atom is 0.494 e. The molecule has 6 aliphatic rings. The Labute approximate surface area is 692 Å². The minimum absolute atomic E-state index is 0.0726. The van der Waals surface area contributed by atoms with E-state index < -0.39 is 41.9 Å². The zero-order valence-corrected chi connectivity index (χ0v) is 70.1. The first kappa shape index (κ1) is 88.0. The number of nitrogens with zero attached hydrogens (tertiary/aromatic N) is 11. The second-order valence-electron chi connectivity index (χ2n) is 31.6. The number of aromatic nitrogens is 12. The molecule has 116 heavy (non-hydrogen) atoms. The van der Waals surface area contributed by atoms with Crippen molar-refractivity contribution in [1.82, 2.24) is 70.3 Å². The number of ether oxygens (including phenoxy) is 1. The second kappa shape index (κ2) is 41.5. The Morgan fingerprint density at radius 2 is 1.14 bits per heavy atom. The molecule has 11 N–H and O–H groups in total. The molecule has 614 valence electrons. The average molecular weight is 1670 g/mol. The number of benzene rings is 3. The van der Waals surface area contributed by atoms with E-state index in [0.717, 1.165) is 100 Å². The van der Waals surface area contributed by atoms with Gasteiger partial charge in [0.2, 0.25) is 17.7 Å². The van der Waals surface area contributed by atoms with Crippen molar-refractivity contribution in [2.45, 2.75) is 199 Å². The number of nitrogens with two attached hydrogens (primary N) is 2. The van der Waals surface area contributed by atoms with Gasteiger partial charge in [-0.05, 0) is 207 Å². The van der Waals surface area contributed by atoms with E-state index in [1.54, 1.807) is 18.5 Å². The average Bonchev–Trinajstić information content (AvgIpc) is 1.62. The van der Waals surface area contributed by atoms with Crippen molar-refractivity contribution >= 4 is 99.0 Å². The first-order valence-corrected chi connectivity index (χ1v) is 41.2. The smallest absolute Gasteiger partial charge is 0.478 e. The molecule has 31 heteroatoms. The number of rotatable bonds is 22. The van der Waals surface area contributed by atoms with Crippen LogP contribution in [0.5, 0.6) is 0 Å². The predicted octanol–water partition coefficient (Wildman–Crippen LogP) is 14.8. The third kappa shape index (κ3) is 27.1. The first-order chi connectivity index (χ1) is 55.5. The third-order valence-electron chi connectivity index (χ3n) is 20.3. The van der Waals surface area contributed by atoms with Crippen LogP contribution in [0.2, 0.25) is 5.15 Å². The number of allylic oxidation sites excluding steroid dienone is 2. The number of halogens is 2. The molecular weight excluding hydrogens is 1560 g/mol. The number of aromatic amines is 2. The lowest BCUT2D eigenvalue weighted by Crippen LogP contribution is -2.41. The molecule has 3 atom stereocenters. The zero-order valence-electron chi connectivity index (χ0n) is 67.7. The van der Waals surface area contributed by atoms with E-state index in [2.05, 4.69) is 105 Å². The van der Waals surface area contributed by atoms with Crippen LogP contribution in [0.25, 0.3) is 22.5 Å². The Morgan fingerprint density at radius 1 is 0.638 bits per heavy atom. The van der Waals surface area contributed by atoms with E-state index in [1.165, 1.54) is 107 Å². The van der Waals surface area contributed by atoms with Crippen molar-refractivity contribution in [3.8, 4) is 22.5 Å². The Balaban J connectivity index is 0.000000164. The lowest BCUT2D eigenvalue weighted by atomic mass is 9.77. The molecular formula is C85H108BBrClN19O9. The van der Waals surface area contributed by atoms with Gasteiger partial charge in [0, 0.05) is 82.6 Å². The Morgan fingerprint density at radius 3 is 1.60 bits per heavy atom. The van der Waals surface area contributed by atoms with Gasteiger partial charge in [0.1, 0.15) is 22.4 Å². The number of carboxylic acid groups (broad SMARTS) is 1. The molecule has 0 spiro atoms. The van der Waals surface area contributed by atoms with Gasteiger partial charge in [-0.25, -0.2) is 24.5 Å². The summed E-state index contributed by atoms with van der Waals surface area (Å²) in [5.74, 6) is 1.23. The SMILES string of the molecule is C1CCNC1.CC(C(=O)Nc1cc(C2CC2)[nH]n1)c1cccc(-c2cncc(CC/C=C/CN3CCCC3)n2)c1.CC(C(=O)Nc1cc(C2CC2)[nH]n1)c1cccc(-c2cncc(N)n2)c1.CC(C(=O)Nc1cc(C2CC2)n(C(=O)OC(C)(C)C)n1)c1cccc(B2OC(C)(C)C(C)(C)O2)c1.Nc1cncc(Cl)n1.O=C(O)/C=C/CBr. The molecule has 6 aromatic heterocycles. The quantitative estimate of drug-likeness (QED) is 0.0132. The van der Waals surface area contributed by atoms with Crippen molar-refractivity contribution in [1.29, 1.82) is 0 Å². The number of likely N-dealkylation sites (tertiary alicyclic amines) is 1. The van der Waals surface area contributed by atoms with Crippen LogP contribution in [0.4, 0.5) is 33.9 Å². The second-order valence-corrected chi connectivity index (χ2v) is 32.6. The fourth-order valence-corrected chi connectivity index (χ4v) is 12.8. The van der Waals surface area contributed by atoms with Crippen LogP contribution in [-0.4, -0.2) is 162 Å². The molecule has 0 radical (unpaired) electrons.